The van der Waals surface area contributed by atoms with Gasteiger partial charge in [-0.3, -0.25) is 4.98 Å². The molecule has 1 saturated heterocycles. The van der Waals surface area contributed by atoms with Crippen LogP contribution in [0.4, 0.5) is 5.69 Å². The number of benzene rings is 2. The molecule has 160 valence electrons. The Morgan fingerprint density at radius 2 is 1.72 bits per heavy atom. The molecular weight excluding hydrogens is 480 g/mol. The molecule has 0 aliphatic carbocycles. The van der Waals surface area contributed by atoms with Crippen molar-refractivity contribution >= 4 is 38.9 Å². The van der Waals surface area contributed by atoms with Crippen molar-refractivity contribution in [3.8, 4) is 5.69 Å². The van der Waals surface area contributed by atoms with Gasteiger partial charge in [-0.25, -0.2) is 0 Å². The Kier molecular flexibility index (Phi) is 5.57. The molecule has 6 heteroatoms. The fourth-order valence-electron chi connectivity index (χ4n) is 4.29. The van der Waals surface area contributed by atoms with Crippen LogP contribution in [-0.2, 0) is 0 Å². The first-order valence-electron chi connectivity index (χ1n) is 10.5. The average molecular weight is 503 g/mol. The Morgan fingerprint density at radius 1 is 0.938 bits per heavy atom. The number of thiocarbonyl (C=S) groups is 1. The SMILES string of the molecule is Cc1ccc(-n2cccc2[C@@H]2[C@@H](c3ccccn3)NC(=S)N2c2ccc(Br)c(C)c2)cc1. The van der Waals surface area contributed by atoms with Gasteiger partial charge in [0.25, 0.3) is 0 Å². The zero-order valence-corrected chi connectivity index (χ0v) is 20.3. The van der Waals surface area contributed by atoms with Gasteiger partial charge in [-0.15, -0.1) is 0 Å². The van der Waals surface area contributed by atoms with E-state index in [9.17, 15) is 0 Å². The second kappa shape index (κ2) is 8.52. The van der Waals surface area contributed by atoms with Crippen LogP contribution in [0.15, 0.2) is 89.7 Å². The number of rotatable bonds is 4. The normalized spacial score (nSPS) is 18.1. The van der Waals surface area contributed by atoms with Gasteiger partial charge in [-0.2, -0.15) is 0 Å². The van der Waals surface area contributed by atoms with E-state index in [2.05, 4.69) is 116 Å². The average Bonchev–Trinajstić information content (AvgIpc) is 3.41. The number of anilines is 1. The first-order valence-corrected chi connectivity index (χ1v) is 11.7. The van der Waals surface area contributed by atoms with Gasteiger partial charge in [-0.1, -0.05) is 39.7 Å². The molecule has 3 heterocycles. The Morgan fingerprint density at radius 3 is 2.44 bits per heavy atom. The minimum absolute atomic E-state index is 0.0609. The predicted molar refractivity (Wildman–Crippen MR) is 137 cm³/mol. The standard InChI is InChI=1S/C26H23BrN4S/c1-17-8-10-19(11-9-17)30-15-5-7-23(30)25-24(22-6-3-4-14-28-22)29-26(32)31(25)20-12-13-21(27)18(2)16-20/h3-16,24-25H,1-2H3,(H,29,32)/t24-,25-/m1/s1. The van der Waals surface area contributed by atoms with Gasteiger partial charge in [0.15, 0.2) is 5.11 Å². The molecule has 0 amide bonds. The van der Waals surface area contributed by atoms with Crippen LogP contribution in [0.5, 0.6) is 0 Å². The summed E-state index contributed by atoms with van der Waals surface area (Å²) in [7, 11) is 0. The topological polar surface area (TPSA) is 33.1 Å². The molecule has 1 fully saturated rings. The molecule has 0 spiro atoms. The van der Waals surface area contributed by atoms with Crippen molar-refractivity contribution in [3.63, 3.8) is 0 Å². The third-order valence-corrected chi connectivity index (χ3v) is 7.12. The summed E-state index contributed by atoms with van der Waals surface area (Å²) < 4.78 is 3.33. The van der Waals surface area contributed by atoms with Gasteiger partial charge in [0.1, 0.15) is 6.04 Å². The van der Waals surface area contributed by atoms with Gasteiger partial charge in [0.2, 0.25) is 0 Å². The van der Waals surface area contributed by atoms with Crippen LogP contribution < -0.4 is 10.2 Å². The molecule has 0 radical (unpaired) electrons. The van der Waals surface area contributed by atoms with Crippen molar-refractivity contribution in [2.75, 3.05) is 4.90 Å². The quantitative estimate of drug-likeness (QED) is 0.326. The van der Waals surface area contributed by atoms with E-state index in [1.165, 1.54) is 11.1 Å². The van der Waals surface area contributed by atoms with Gasteiger partial charge >= 0.3 is 0 Å². The van der Waals surface area contributed by atoms with Gasteiger partial charge in [-0.05, 0) is 86.2 Å². The lowest BCUT2D eigenvalue weighted by molar-refractivity contribution is 0.549. The molecule has 0 unspecified atom stereocenters. The minimum Gasteiger partial charge on any atom is -0.351 e. The fourth-order valence-corrected chi connectivity index (χ4v) is 4.88. The highest BCUT2D eigenvalue weighted by molar-refractivity contribution is 9.10. The molecule has 2 aromatic carbocycles. The smallest absolute Gasteiger partial charge is 0.174 e. The molecule has 4 nitrogen and oxygen atoms in total. The lowest BCUT2D eigenvalue weighted by Gasteiger charge is -2.29. The number of halogens is 1. The lowest BCUT2D eigenvalue weighted by atomic mass is 10.0. The summed E-state index contributed by atoms with van der Waals surface area (Å²) in [6.45, 7) is 4.20. The van der Waals surface area contributed by atoms with Crippen LogP contribution in [0.25, 0.3) is 5.69 Å². The second-order valence-corrected chi connectivity index (χ2v) is 9.31. The molecule has 4 aromatic rings. The van der Waals surface area contributed by atoms with E-state index in [-0.39, 0.29) is 12.1 Å². The Balaban J connectivity index is 1.67. The van der Waals surface area contributed by atoms with E-state index >= 15 is 0 Å². The van der Waals surface area contributed by atoms with Gasteiger partial charge in [0, 0.05) is 33.9 Å². The zero-order valence-electron chi connectivity index (χ0n) is 17.9. The molecule has 5 rings (SSSR count). The van der Waals surface area contributed by atoms with Crippen molar-refractivity contribution in [2.24, 2.45) is 0 Å². The molecule has 2 atom stereocenters. The van der Waals surface area contributed by atoms with Crippen molar-refractivity contribution in [1.82, 2.24) is 14.9 Å². The monoisotopic (exact) mass is 502 g/mol. The predicted octanol–water partition coefficient (Wildman–Crippen LogP) is 6.43. The molecule has 0 saturated carbocycles. The summed E-state index contributed by atoms with van der Waals surface area (Å²) >= 11 is 9.49. The largest absolute Gasteiger partial charge is 0.351 e. The van der Waals surface area contributed by atoms with Crippen LogP contribution in [0, 0.1) is 13.8 Å². The number of aryl methyl sites for hydroxylation is 2. The minimum atomic E-state index is -0.0771. The van der Waals surface area contributed by atoms with Gasteiger partial charge in [0.05, 0.1) is 11.7 Å². The van der Waals surface area contributed by atoms with Crippen molar-refractivity contribution < 1.29 is 0 Å². The van der Waals surface area contributed by atoms with Crippen LogP contribution in [0.3, 0.4) is 0 Å². The third-order valence-electron chi connectivity index (χ3n) is 5.91. The van der Waals surface area contributed by atoms with E-state index in [0.717, 1.165) is 27.2 Å². The van der Waals surface area contributed by atoms with Gasteiger partial charge < -0.3 is 14.8 Å². The highest BCUT2D eigenvalue weighted by Gasteiger charge is 2.42. The second-order valence-electron chi connectivity index (χ2n) is 8.07. The van der Waals surface area contributed by atoms with E-state index in [1.54, 1.807) is 0 Å². The lowest BCUT2D eigenvalue weighted by Crippen LogP contribution is -2.30. The van der Waals surface area contributed by atoms with E-state index < -0.39 is 0 Å². The summed E-state index contributed by atoms with van der Waals surface area (Å²) in [5.74, 6) is 0. The van der Waals surface area contributed by atoms with Crippen LogP contribution in [-0.4, -0.2) is 14.7 Å². The van der Waals surface area contributed by atoms with Crippen molar-refractivity contribution in [1.29, 1.82) is 0 Å². The number of aromatic nitrogens is 2. The summed E-state index contributed by atoms with van der Waals surface area (Å²) in [5.41, 5.74) is 6.71. The summed E-state index contributed by atoms with van der Waals surface area (Å²) in [6.07, 6.45) is 3.95. The maximum atomic E-state index is 5.87. The van der Waals surface area contributed by atoms with Crippen LogP contribution >= 0.6 is 28.1 Å². The number of pyridine rings is 1. The van der Waals surface area contributed by atoms with Crippen molar-refractivity contribution in [2.45, 2.75) is 25.9 Å². The first-order chi connectivity index (χ1) is 15.5. The van der Waals surface area contributed by atoms with E-state index in [4.69, 9.17) is 12.2 Å². The third kappa shape index (κ3) is 3.74. The zero-order chi connectivity index (χ0) is 22.2. The molecule has 1 aliphatic heterocycles. The number of hydrogen-bond acceptors (Lipinski definition) is 2. The van der Waals surface area contributed by atoms with E-state index in [0.29, 0.717) is 5.11 Å². The van der Waals surface area contributed by atoms with Crippen molar-refractivity contribution in [3.05, 3.63) is 112 Å². The maximum absolute atomic E-state index is 5.87. The Labute approximate surface area is 202 Å². The first kappa shape index (κ1) is 20.9. The maximum Gasteiger partial charge on any atom is 0.174 e. The number of nitrogens with zero attached hydrogens (tertiary/aromatic N) is 3. The molecule has 1 aliphatic rings. The summed E-state index contributed by atoms with van der Waals surface area (Å²) in [5, 5.41) is 4.25. The molecule has 0 bridgehead atoms. The molecule has 1 N–H and O–H groups in total. The van der Waals surface area contributed by atoms with E-state index in [1.807, 2.05) is 18.3 Å². The highest BCUT2D eigenvalue weighted by Crippen LogP contribution is 2.42. The number of nitrogens with one attached hydrogen (secondary N) is 1. The molecule has 2 aromatic heterocycles. The van der Waals surface area contributed by atoms with Crippen LogP contribution in [0.2, 0.25) is 0 Å². The summed E-state index contributed by atoms with van der Waals surface area (Å²) in [6, 6.07) is 25.1. The Bertz CT molecular complexity index is 1270. The molecular formula is C26H23BrN4S. The Hall–Kier alpha value is -2.96. The highest BCUT2D eigenvalue weighted by atomic mass is 79.9. The summed E-state index contributed by atoms with van der Waals surface area (Å²) in [4.78, 5) is 6.88. The van der Waals surface area contributed by atoms with Crippen LogP contribution in [0.1, 0.15) is 34.6 Å². The number of hydrogen-bond donors (Lipinski definition) is 1. The fraction of sp³-hybridized carbons (Fsp3) is 0.154. The molecule has 32 heavy (non-hydrogen) atoms.